The Kier molecular flexibility index (Phi) is 6.16. The molecule has 0 saturated heterocycles. The second-order valence-electron chi connectivity index (χ2n) is 7.57. The minimum Gasteiger partial charge on any atom is -0.481 e. The Bertz CT molecular complexity index is 1090. The van der Waals surface area contributed by atoms with Gasteiger partial charge in [-0.1, -0.05) is 34.1 Å². The summed E-state index contributed by atoms with van der Waals surface area (Å²) >= 11 is 5.23. The largest absolute Gasteiger partial charge is 0.481 e. The van der Waals surface area contributed by atoms with Crippen molar-refractivity contribution in [1.82, 2.24) is 4.98 Å². The van der Waals surface area contributed by atoms with E-state index in [-0.39, 0.29) is 12.3 Å². The predicted octanol–water partition coefficient (Wildman–Crippen LogP) is 6.37. The molecule has 2 heterocycles. The average molecular weight is 484 g/mol. The van der Waals surface area contributed by atoms with Crippen molar-refractivity contribution < 1.29 is 14.6 Å². The van der Waals surface area contributed by atoms with Gasteiger partial charge in [-0.15, -0.1) is 11.8 Å². The number of carboxylic acids is 1. The molecule has 1 aromatic heterocycles. The lowest BCUT2D eigenvalue weighted by Gasteiger charge is -2.13. The van der Waals surface area contributed by atoms with Crippen LogP contribution < -0.4 is 4.74 Å². The van der Waals surface area contributed by atoms with Crippen LogP contribution in [0.3, 0.4) is 0 Å². The molecule has 1 N–H and O–H groups in total. The summed E-state index contributed by atoms with van der Waals surface area (Å²) in [6.07, 6.45) is 1.91. The fourth-order valence-corrected chi connectivity index (χ4v) is 5.87. The fraction of sp³-hybridized carbons (Fsp3) is 0.250. The lowest BCUT2D eigenvalue weighted by atomic mass is 9.95. The summed E-state index contributed by atoms with van der Waals surface area (Å²) < 4.78 is 7.05. The van der Waals surface area contributed by atoms with Crippen molar-refractivity contribution in [2.24, 2.45) is 0 Å². The molecule has 0 radical (unpaired) electrons. The first-order valence-corrected chi connectivity index (χ1v) is 11.5. The Balaban J connectivity index is 1.49. The molecule has 1 atom stereocenters. The van der Waals surface area contributed by atoms with E-state index in [4.69, 9.17) is 9.84 Å². The molecular formula is C24H22BrNO3S. The molecule has 30 heavy (non-hydrogen) atoms. The topological polar surface area (TPSA) is 59.4 Å². The fourth-order valence-electron chi connectivity index (χ4n) is 3.94. The number of rotatable bonds is 6. The molecule has 4 rings (SSSR count). The Morgan fingerprint density at radius 1 is 1.23 bits per heavy atom. The molecule has 1 aliphatic heterocycles. The molecule has 3 aromatic rings. The summed E-state index contributed by atoms with van der Waals surface area (Å²) in [6, 6.07) is 14.6. The third-order valence-corrected chi connectivity index (χ3v) is 6.96. The van der Waals surface area contributed by atoms with Gasteiger partial charge in [0.1, 0.15) is 6.61 Å². The Morgan fingerprint density at radius 3 is 2.73 bits per heavy atom. The van der Waals surface area contributed by atoms with Gasteiger partial charge in [-0.2, -0.15) is 0 Å². The van der Waals surface area contributed by atoms with Gasteiger partial charge < -0.3 is 9.84 Å². The van der Waals surface area contributed by atoms with Gasteiger partial charge in [0.25, 0.3) is 0 Å². The molecule has 4 nitrogen and oxygen atoms in total. The van der Waals surface area contributed by atoms with Crippen molar-refractivity contribution in [3.63, 3.8) is 0 Å². The highest BCUT2D eigenvalue weighted by Crippen LogP contribution is 2.42. The monoisotopic (exact) mass is 483 g/mol. The van der Waals surface area contributed by atoms with Crippen molar-refractivity contribution in [2.45, 2.75) is 37.7 Å². The van der Waals surface area contributed by atoms with Crippen LogP contribution in [0.1, 0.15) is 34.6 Å². The van der Waals surface area contributed by atoms with Gasteiger partial charge in [0.2, 0.25) is 5.88 Å². The number of nitrogens with zero attached hydrogens (tertiary/aromatic N) is 1. The van der Waals surface area contributed by atoms with E-state index in [2.05, 4.69) is 71.2 Å². The molecule has 0 saturated carbocycles. The first-order valence-electron chi connectivity index (χ1n) is 9.74. The molecule has 0 bridgehead atoms. The molecule has 0 aliphatic carbocycles. The van der Waals surface area contributed by atoms with Gasteiger partial charge in [-0.05, 0) is 65.4 Å². The maximum atomic E-state index is 11.0. The number of aryl methyl sites for hydroxylation is 2. The summed E-state index contributed by atoms with van der Waals surface area (Å²) in [5.74, 6) is 0.599. The van der Waals surface area contributed by atoms with Crippen LogP contribution >= 0.6 is 27.7 Å². The van der Waals surface area contributed by atoms with E-state index in [0.717, 1.165) is 26.2 Å². The number of thioether (sulfide) groups is 1. The van der Waals surface area contributed by atoms with Crippen molar-refractivity contribution in [3.05, 3.63) is 75.4 Å². The van der Waals surface area contributed by atoms with Crippen LogP contribution in [-0.4, -0.2) is 21.8 Å². The standard InChI is InChI=1S/C24H22BrNO3S/c1-14-6-19(25)7-15(2)24(14)17-5-3-4-16(8-17)12-29-22-10-21-20(11-26-22)18(13-30-21)9-23(27)28/h3-8,10-11,18H,9,12-13H2,1-2H3,(H,27,28)/t18-/m1/s1. The molecule has 2 aromatic carbocycles. The van der Waals surface area contributed by atoms with Gasteiger partial charge in [0, 0.05) is 33.3 Å². The highest BCUT2D eigenvalue weighted by molar-refractivity contribution is 9.10. The van der Waals surface area contributed by atoms with Crippen LogP contribution in [0, 0.1) is 13.8 Å². The third kappa shape index (κ3) is 4.55. The molecule has 0 amide bonds. The van der Waals surface area contributed by atoms with E-state index in [0.29, 0.717) is 12.5 Å². The van der Waals surface area contributed by atoms with E-state index in [1.165, 1.54) is 22.3 Å². The van der Waals surface area contributed by atoms with Crippen LogP contribution in [0.2, 0.25) is 0 Å². The normalized spacial score (nSPS) is 15.1. The lowest BCUT2D eigenvalue weighted by molar-refractivity contribution is -0.137. The number of pyridine rings is 1. The summed E-state index contributed by atoms with van der Waals surface area (Å²) in [4.78, 5) is 16.5. The molecule has 1 aliphatic rings. The molecular weight excluding hydrogens is 462 g/mol. The molecule has 0 spiro atoms. The SMILES string of the molecule is Cc1cc(Br)cc(C)c1-c1cccc(COc2cc3c(cn2)[C@H](CC(=O)O)CS3)c1. The second-order valence-corrected chi connectivity index (χ2v) is 9.55. The number of hydrogen-bond donors (Lipinski definition) is 1. The first kappa shape index (κ1) is 20.9. The van der Waals surface area contributed by atoms with Gasteiger partial charge in [-0.25, -0.2) is 4.98 Å². The number of aromatic nitrogens is 1. The minimum atomic E-state index is -0.773. The number of halogens is 1. The van der Waals surface area contributed by atoms with E-state index >= 15 is 0 Å². The Labute approximate surface area is 188 Å². The summed E-state index contributed by atoms with van der Waals surface area (Å²) in [5, 5.41) is 9.06. The quantitative estimate of drug-likeness (QED) is 0.441. The maximum Gasteiger partial charge on any atom is 0.303 e. The van der Waals surface area contributed by atoms with Gasteiger partial charge in [0.15, 0.2) is 0 Å². The Morgan fingerprint density at radius 2 is 2.00 bits per heavy atom. The molecule has 154 valence electrons. The number of benzene rings is 2. The van der Waals surface area contributed by atoms with Crippen molar-refractivity contribution in [2.75, 3.05) is 5.75 Å². The molecule has 0 fully saturated rings. The minimum absolute atomic E-state index is 0.0260. The van der Waals surface area contributed by atoms with Crippen molar-refractivity contribution in [3.8, 4) is 17.0 Å². The van der Waals surface area contributed by atoms with Crippen LogP contribution in [0.25, 0.3) is 11.1 Å². The lowest BCUT2D eigenvalue weighted by Crippen LogP contribution is -2.06. The van der Waals surface area contributed by atoms with E-state index in [1.54, 1.807) is 18.0 Å². The zero-order valence-electron chi connectivity index (χ0n) is 16.8. The van der Waals surface area contributed by atoms with Crippen LogP contribution in [0.5, 0.6) is 5.88 Å². The number of aliphatic carboxylic acids is 1. The predicted molar refractivity (Wildman–Crippen MR) is 123 cm³/mol. The third-order valence-electron chi connectivity index (χ3n) is 5.27. The summed E-state index contributed by atoms with van der Waals surface area (Å²) in [7, 11) is 0. The molecule has 0 unspecified atom stereocenters. The number of carbonyl (C=O) groups is 1. The molecule has 6 heteroatoms. The van der Waals surface area contributed by atoms with Crippen molar-refractivity contribution >= 4 is 33.7 Å². The number of carboxylic acid groups (broad SMARTS) is 1. The highest BCUT2D eigenvalue weighted by atomic mass is 79.9. The Hall–Kier alpha value is -2.31. The van der Waals surface area contributed by atoms with Crippen LogP contribution in [0.4, 0.5) is 0 Å². The van der Waals surface area contributed by atoms with Crippen LogP contribution in [0.15, 0.2) is 58.0 Å². The zero-order chi connectivity index (χ0) is 21.3. The van der Waals surface area contributed by atoms with Gasteiger partial charge >= 0.3 is 5.97 Å². The van der Waals surface area contributed by atoms with E-state index in [1.807, 2.05) is 6.07 Å². The number of hydrogen-bond acceptors (Lipinski definition) is 4. The van der Waals surface area contributed by atoms with E-state index < -0.39 is 5.97 Å². The number of fused-ring (bicyclic) bond motifs is 1. The van der Waals surface area contributed by atoms with Crippen LogP contribution in [-0.2, 0) is 11.4 Å². The van der Waals surface area contributed by atoms with Crippen molar-refractivity contribution in [1.29, 1.82) is 0 Å². The highest BCUT2D eigenvalue weighted by Gasteiger charge is 2.26. The van der Waals surface area contributed by atoms with E-state index in [9.17, 15) is 4.79 Å². The zero-order valence-corrected chi connectivity index (χ0v) is 19.2. The van der Waals surface area contributed by atoms with Gasteiger partial charge in [-0.3, -0.25) is 4.79 Å². The average Bonchev–Trinajstić information content (AvgIpc) is 3.07. The number of ether oxygens (including phenoxy) is 1. The maximum absolute atomic E-state index is 11.0. The summed E-state index contributed by atoms with van der Waals surface area (Å²) in [6.45, 7) is 4.68. The van der Waals surface area contributed by atoms with Gasteiger partial charge in [0.05, 0.1) is 6.42 Å². The first-order chi connectivity index (χ1) is 14.4. The second kappa shape index (κ2) is 8.82. The smallest absolute Gasteiger partial charge is 0.303 e. The summed E-state index contributed by atoms with van der Waals surface area (Å²) in [5.41, 5.74) is 6.97.